The average molecular weight is 367 g/mol. The van der Waals surface area contributed by atoms with Crippen LogP contribution in [0.3, 0.4) is 0 Å². The van der Waals surface area contributed by atoms with Gasteiger partial charge in [-0.1, -0.05) is 0 Å². The molecule has 0 saturated carbocycles. The zero-order chi connectivity index (χ0) is 13.4. The summed E-state index contributed by atoms with van der Waals surface area (Å²) in [4.78, 5) is 0. The molecule has 2 rings (SSSR count). The van der Waals surface area contributed by atoms with Gasteiger partial charge in [-0.3, -0.25) is 0 Å². The SMILES string of the molecule is CCC1=C(CC)C[C]([Ti]([CH3])([CH3])(=[SiH2])[C]2=CC=CC2)=C1.Cl.Cl. The van der Waals surface area contributed by atoms with Crippen LogP contribution in [0.2, 0.25) is 10.5 Å². The summed E-state index contributed by atoms with van der Waals surface area (Å²) in [5.41, 5.74) is 3.33. The molecule has 0 aliphatic heterocycles. The van der Waals surface area contributed by atoms with Crippen LogP contribution in [0.5, 0.6) is 0 Å². The summed E-state index contributed by atoms with van der Waals surface area (Å²) in [6.45, 7) is 4.61. The Morgan fingerprint density at radius 2 is 1.75 bits per heavy atom. The molecule has 114 valence electrons. The molecule has 0 amide bonds. The number of allylic oxidation sites excluding steroid dienone is 8. The van der Waals surface area contributed by atoms with Gasteiger partial charge in [0.25, 0.3) is 0 Å². The summed E-state index contributed by atoms with van der Waals surface area (Å²) < 4.78 is 3.55. The van der Waals surface area contributed by atoms with Crippen molar-refractivity contribution in [2.75, 3.05) is 0 Å². The molecule has 0 radical (unpaired) electrons. The fourth-order valence-electron chi connectivity index (χ4n) is 3.17. The van der Waals surface area contributed by atoms with Crippen molar-refractivity contribution in [1.82, 2.24) is 0 Å². The summed E-state index contributed by atoms with van der Waals surface area (Å²) in [5.74, 6) is 0. The molecule has 0 bridgehead atoms. The van der Waals surface area contributed by atoms with Crippen LogP contribution < -0.4 is 0 Å². The molecule has 0 heterocycles. The van der Waals surface area contributed by atoms with Gasteiger partial charge in [0.1, 0.15) is 0 Å². The zero-order valence-electron chi connectivity index (χ0n) is 13.2. The third-order valence-electron chi connectivity index (χ3n) is 4.85. The van der Waals surface area contributed by atoms with Gasteiger partial charge in [-0.05, 0) is 0 Å². The molecule has 0 aromatic rings. The van der Waals surface area contributed by atoms with Gasteiger partial charge in [0.2, 0.25) is 0 Å². The molecule has 4 heteroatoms. The first-order valence-electron chi connectivity index (χ1n) is 7.23. The fraction of sp³-hybridized carbons (Fsp3) is 0.500. The normalized spacial score (nSPS) is 18.4. The molecule has 2 aliphatic carbocycles. The van der Waals surface area contributed by atoms with E-state index >= 15 is 0 Å². The van der Waals surface area contributed by atoms with Crippen LogP contribution in [0.25, 0.3) is 0 Å². The minimum atomic E-state index is -2.54. The van der Waals surface area contributed by atoms with E-state index in [1.54, 1.807) is 18.9 Å². The first kappa shape index (κ1) is 20.5. The number of hydrogen-bond donors (Lipinski definition) is 0. The third kappa shape index (κ3) is 3.62. The van der Waals surface area contributed by atoms with E-state index in [0.717, 1.165) is 0 Å². The van der Waals surface area contributed by atoms with E-state index in [-0.39, 0.29) is 24.8 Å². The summed E-state index contributed by atoms with van der Waals surface area (Å²) in [5, 5.41) is 5.21. The van der Waals surface area contributed by atoms with E-state index in [9.17, 15) is 0 Å². The van der Waals surface area contributed by atoms with E-state index in [1.807, 2.05) is 0 Å². The minimum Gasteiger partial charge on any atom is -0.147 e. The van der Waals surface area contributed by atoms with Gasteiger partial charge in [0, 0.05) is 0 Å². The quantitative estimate of drug-likeness (QED) is 0.583. The number of hydrogen-bond acceptors (Lipinski definition) is 0. The Bertz CT molecular complexity index is 559. The van der Waals surface area contributed by atoms with Gasteiger partial charge >= 0.3 is 115 Å². The number of halogens is 2. The van der Waals surface area contributed by atoms with Crippen molar-refractivity contribution in [2.45, 2.75) is 50.0 Å². The Kier molecular flexibility index (Phi) is 7.32. The summed E-state index contributed by atoms with van der Waals surface area (Å²) >= 11 is -2.54. The Morgan fingerprint density at radius 1 is 1.10 bits per heavy atom. The molecule has 2 aliphatic rings. The van der Waals surface area contributed by atoms with E-state index in [1.165, 1.54) is 25.7 Å². The molecule has 0 fully saturated rings. The van der Waals surface area contributed by atoms with Crippen molar-refractivity contribution in [3.05, 3.63) is 43.2 Å². The molecule has 0 N–H and O–H groups in total. The van der Waals surface area contributed by atoms with E-state index in [2.05, 4.69) is 56.2 Å². The molecular weight excluding hydrogens is 339 g/mol. The van der Waals surface area contributed by atoms with Crippen LogP contribution in [0, 0.1) is 0 Å². The molecular formula is C16H28Cl2SiTi. The maximum absolute atomic E-state index is 2.60. The summed E-state index contributed by atoms with van der Waals surface area (Å²) in [6.07, 6.45) is 14.5. The zero-order valence-corrected chi connectivity index (χ0v) is 17.8. The topological polar surface area (TPSA) is 0 Å². The molecule has 0 nitrogen and oxygen atoms in total. The third-order valence-corrected chi connectivity index (χ3v) is 16.1. The second-order valence-electron chi connectivity index (χ2n) is 6.69. The standard InChI is InChI=1S/C9H13.C5H5.2CH3.2ClH.H2Si.Ti/c1-3-8-6-5-7-9(8)4-2;1-2-4-5-3-1;;;;;;/h6H,3-4,7H2,1-2H3;1-3H,4H2;2*1H3;2*1H;1H2;. The minimum absolute atomic E-state index is 0. The van der Waals surface area contributed by atoms with Crippen LogP contribution in [-0.4, -0.2) is 7.63 Å². The van der Waals surface area contributed by atoms with Crippen molar-refractivity contribution in [3.63, 3.8) is 0 Å². The van der Waals surface area contributed by atoms with Gasteiger partial charge in [-0.2, -0.15) is 0 Å². The monoisotopic (exact) mass is 366 g/mol. The van der Waals surface area contributed by atoms with E-state index in [4.69, 9.17) is 0 Å². The van der Waals surface area contributed by atoms with Gasteiger partial charge in [0.15, 0.2) is 0 Å². The van der Waals surface area contributed by atoms with E-state index < -0.39 is 14.0 Å². The average Bonchev–Trinajstić information content (AvgIpc) is 2.98. The van der Waals surface area contributed by atoms with Gasteiger partial charge in [-0.15, -0.1) is 24.8 Å². The molecule has 0 unspecified atom stereocenters. The first-order valence-corrected chi connectivity index (χ1v) is 15.9. The van der Waals surface area contributed by atoms with Crippen molar-refractivity contribution in [3.8, 4) is 0 Å². The maximum Gasteiger partial charge on any atom is -0.147 e. The van der Waals surface area contributed by atoms with Crippen LogP contribution in [-0.2, 0) is 14.0 Å². The fourth-order valence-corrected chi connectivity index (χ4v) is 10.2. The van der Waals surface area contributed by atoms with Gasteiger partial charge < -0.3 is 0 Å². The smallest absolute Gasteiger partial charge is 0.147 e. The van der Waals surface area contributed by atoms with Crippen molar-refractivity contribution in [1.29, 1.82) is 0 Å². The molecule has 0 saturated heterocycles. The summed E-state index contributed by atoms with van der Waals surface area (Å²) in [6, 6.07) is 0. The number of rotatable bonds is 4. The van der Waals surface area contributed by atoms with Crippen LogP contribution in [0.15, 0.2) is 43.2 Å². The van der Waals surface area contributed by atoms with Gasteiger partial charge in [-0.25, -0.2) is 0 Å². The molecule has 20 heavy (non-hydrogen) atoms. The Balaban J connectivity index is 0.00000180. The van der Waals surface area contributed by atoms with Gasteiger partial charge in [0.05, 0.1) is 0 Å². The first-order chi connectivity index (χ1) is 8.37. The Hall–Kier alpha value is 0.471. The van der Waals surface area contributed by atoms with Crippen molar-refractivity contribution in [2.24, 2.45) is 0 Å². The van der Waals surface area contributed by atoms with Crippen molar-refractivity contribution < 1.29 is 14.0 Å². The second-order valence-corrected chi connectivity index (χ2v) is 25.8. The largest absolute Gasteiger partial charge is 0.147 e. The predicted octanol–water partition coefficient (Wildman–Crippen LogP) is 5.41. The van der Waals surface area contributed by atoms with Crippen LogP contribution in [0.1, 0.15) is 39.5 Å². The predicted molar refractivity (Wildman–Crippen MR) is 96.9 cm³/mol. The molecule has 0 aromatic heterocycles. The Labute approximate surface area is 139 Å². The van der Waals surface area contributed by atoms with Crippen molar-refractivity contribution >= 4 is 32.4 Å². The Morgan fingerprint density at radius 3 is 2.15 bits per heavy atom. The second kappa shape index (κ2) is 7.15. The molecule has 0 aromatic carbocycles. The van der Waals surface area contributed by atoms with E-state index in [0.29, 0.717) is 0 Å². The van der Waals surface area contributed by atoms with Crippen LogP contribution in [0.4, 0.5) is 0 Å². The van der Waals surface area contributed by atoms with Crippen LogP contribution >= 0.6 is 24.8 Å². The summed E-state index contributed by atoms with van der Waals surface area (Å²) in [7, 11) is 2.35. The molecule has 0 spiro atoms. The maximum atomic E-state index is 2.60. The molecule has 0 atom stereocenters.